The van der Waals surface area contributed by atoms with Crippen molar-refractivity contribution in [2.24, 2.45) is 17.3 Å². The fourth-order valence-electron chi connectivity index (χ4n) is 3.11. The van der Waals surface area contributed by atoms with Crippen molar-refractivity contribution in [2.75, 3.05) is 26.2 Å². The van der Waals surface area contributed by atoms with Crippen LogP contribution in [-0.4, -0.2) is 31.1 Å². The second kappa shape index (κ2) is 6.64. The Balaban J connectivity index is 0.000000406. The van der Waals surface area contributed by atoms with Crippen LogP contribution in [0.3, 0.4) is 0 Å². The Kier molecular flexibility index (Phi) is 6.48. The Morgan fingerprint density at radius 1 is 1.12 bits per heavy atom. The van der Waals surface area contributed by atoms with Gasteiger partial charge in [0.1, 0.15) is 0 Å². The minimum atomic E-state index is 0. The van der Waals surface area contributed by atoms with Crippen LogP contribution in [0.15, 0.2) is 0 Å². The standard InChI is InChI=1S/C11H18NO.C2H6.K/c13-8-11(1-2-11)7-12-5-9-3-10(4-9)6-12;1-2;/h9-10H,1-8H2;1-2H3;/q-1;;+1. The second-order valence-corrected chi connectivity index (χ2v) is 5.54. The third-order valence-electron chi connectivity index (χ3n) is 4.19. The smallest absolute Gasteiger partial charge is 0.854 e. The molecule has 2 heterocycles. The summed E-state index contributed by atoms with van der Waals surface area (Å²) in [5, 5.41) is 11.0. The van der Waals surface area contributed by atoms with Gasteiger partial charge in [0.2, 0.25) is 0 Å². The van der Waals surface area contributed by atoms with Crippen molar-refractivity contribution in [1.82, 2.24) is 4.90 Å². The summed E-state index contributed by atoms with van der Waals surface area (Å²) in [6, 6.07) is 0. The van der Waals surface area contributed by atoms with E-state index in [-0.39, 0.29) is 63.4 Å². The van der Waals surface area contributed by atoms with Gasteiger partial charge in [-0.1, -0.05) is 13.8 Å². The van der Waals surface area contributed by atoms with E-state index in [1.165, 1.54) is 38.8 Å². The molecule has 4 fully saturated rings. The molecule has 0 amide bonds. The van der Waals surface area contributed by atoms with Gasteiger partial charge in [-0.2, -0.15) is 0 Å². The molecule has 16 heavy (non-hydrogen) atoms. The van der Waals surface area contributed by atoms with Crippen LogP contribution in [0.2, 0.25) is 0 Å². The molecule has 4 aliphatic rings. The molecule has 0 spiro atoms. The molecule has 2 aliphatic carbocycles. The van der Waals surface area contributed by atoms with Crippen molar-refractivity contribution in [3.05, 3.63) is 0 Å². The number of fused-ring (bicyclic) bond motifs is 2. The van der Waals surface area contributed by atoms with Crippen LogP contribution >= 0.6 is 0 Å². The largest absolute Gasteiger partial charge is 1.00 e. The summed E-state index contributed by atoms with van der Waals surface area (Å²) in [7, 11) is 0. The van der Waals surface area contributed by atoms with Crippen LogP contribution in [0.4, 0.5) is 0 Å². The van der Waals surface area contributed by atoms with Gasteiger partial charge in [0.15, 0.2) is 0 Å². The molecular formula is C13H24KNO. The molecule has 0 atom stereocenters. The average molecular weight is 249 g/mol. The molecule has 0 radical (unpaired) electrons. The van der Waals surface area contributed by atoms with E-state index in [0.29, 0.717) is 0 Å². The van der Waals surface area contributed by atoms with E-state index in [4.69, 9.17) is 0 Å². The summed E-state index contributed by atoms with van der Waals surface area (Å²) in [6.45, 7) is 7.86. The van der Waals surface area contributed by atoms with Gasteiger partial charge in [-0.15, -0.1) is 6.61 Å². The van der Waals surface area contributed by atoms with Gasteiger partial charge in [0.25, 0.3) is 0 Å². The maximum Gasteiger partial charge on any atom is 1.00 e. The van der Waals surface area contributed by atoms with Crippen molar-refractivity contribution in [1.29, 1.82) is 0 Å². The first-order valence-electron chi connectivity index (χ1n) is 6.60. The molecule has 88 valence electrons. The Bertz CT molecular complexity index is 202. The van der Waals surface area contributed by atoms with Crippen LogP contribution < -0.4 is 56.5 Å². The molecule has 2 saturated carbocycles. The van der Waals surface area contributed by atoms with Gasteiger partial charge >= 0.3 is 51.4 Å². The minimum absolute atomic E-state index is 0. The van der Waals surface area contributed by atoms with Gasteiger partial charge in [-0.25, -0.2) is 0 Å². The zero-order valence-electron chi connectivity index (χ0n) is 11.2. The molecule has 0 unspecified atom stereocenters. The number of piperidine rings is 2. The van der Waals surface area contributed by atoms with E-state index in [9.17, 15) is 5.11 Å². The van der Waals surface area contributed by atoms with Crippen molar-refractivity contribution >= 4 is 0 Å². The van der Waals surface area contributed by atoms with E-state index < -0.39 is 0 Å². The summed E-state index contributed by atoms with van der Waals surface area (Å²) < 4.78 is 0. The predicted molar refractivity (Wildman–Crippen MR) is 60.5 cm³/mol. The molecule has 0 aromatic rings. The molecule has 0 aromatic heterocycles. The SMILES string of the molecule is CC.[K+].[O-]CC1(CN2CC3CC(C3)C2)CC1. The first kappa shape index (κ1) is 15.6. The van der Waals surface area contributed by atoms with Crippen LogP contribution in [0.1, 0.15) is 39.5 Å². The Hall–Kier alpha value is 1.56. The Morgan fingerprint density at radius 3 is 2.00 bits per heavy atom. The van der Waals surface area contributed by atoms with E-state index in [1.807, 2.05) is 13.8 Å². The minimum Gasteiger partial charge on any atom is -0.854 e. The summed E-state index contributed by atoms with van der Waals surface area (Å²) in [4.78, 5) is 2.56. The Morgan fingerprint density at radius 2 is 1.62 bits per heavy atom. The maximum absolute atomic E-state index is 11.0. The topological polar surface area (TPSA) is 26.3 Å². The molecular weight excluding hydrogens is 225 g/mol. The van der Waals surface area contributed by atoms with E-state index >= 15 is 0 Å². The molecule has 0 N–H and O–H groups in total. The van der Waals surface area contributed by atoms with Crippen LogP contribution in [0, 0.1) is 17.3 Å². The average Bonchev–Trinajstić information content (AvgIpc) is 3.00. The van der Waals surface area contributed by atoms with Crippen LogP contribution in [-0.2, 0) is 0 Å². The van der Waals surface area contributed by atoms with Gasteiger partial charge in [0, 0.05) is 19.6 Å². The van der Waals surface area contributed by atoms with Gasteiger partial charge in [-0.05, 0) is 42.9 Å². The predicted octanol–water partition coefficient (Wildman–Crippen LogP) is -1.50. The zero-order chi connectivity index (χ0) is 10.9. The molecule has 2 aliphatic heterocycles. The number of hydrogen-bond donors (Lipinski definition) is 0. The first-order chi connectivity index (χ1) is 7.30. The van der Waals surface area contributed by atoms with E-state index in [0.717, 1.165) is 18.4 Å². The van der Waals surface area contributed by atoms with Crippen molar-refractivity contribution in [2.45, 2.75) is 39.5 Å². The zero-order valence-corrected chi connectivity index (χ0v) is 14.3. The molecule has 0 aromatic carbocycles. The normalized spacial score (nSPS) is 33.9. The van der Waals surface area contributed by atoms with Crippen molar-refractivity contribution in [3.63, 3.8) is 0 Å². The van der Waals surface area contributed by atoms with Gasteiger partial charge in [-0.3, -0.25) is 0 Å². The summed E-state index contributed by atoms with van der Waals surface area (Å²) in [5.74, 6) is 1.97. The summed E-state index contributed by atoms with van der Waals surface area (Å²) >= 11 is 0. The first-order valence-corrected chi connectivity index (χ1v) is 6.60. The third-order valence-corrected chi connectivity index (χ3v) is 4.19. The van der Waals surface area contributed by atoms with Gasteiger partial charge < -0.3 is 10.0 Å². The van der Waals surface area contributed by atoms with Crippen LogP contribution in [0.25, 0.3) is 0 Å². The maximum atomic E-state index is 11.0. The summed E-state index contributed by atoms with van der Waals surface area (Å²) in [5.41, 5.74) is 0.226. The second-order valence-electron chi connectivity index (χ2n) is 5.54. The number of hydrogen-bond acceptors (Lipinski definition) is 2. The fraction of sp³-hybridized carbons (Fsp3) is 1.00. The van der Waals surface area contributed by atoms with Gasteiger partial charge in [0.05, 0.1) is 0 Å². The third kappa shape index (κ3) is 3.53. The monoisotopic (exact) mass is 249 g/mol. The molecule has 4 rings (SSSR count). The summed E-state index contributed by atoms with van der Waals surface area (Å²) in [6.07, 6.45) is 5.34. The number of nitrogens with zero attached hydrogens (tertiary/aromatic N) is 1. The Labute approximate surface area is 143 Å². The fourth-order valence-corrected chi connectivity index (χ4v) is 3.11. The molecule has 2 bridgehead atoms. The van der Waals surface area contributed by atoms with E-state index in [2.05, 4.69) is 4.90 Å². The van der Waals surface area contributed by atoms with Crippen LogP contribution in [0.5, 0.6) is 0 Å². The van der Waals surface area contributed by atoms with Crippen molar-refractivity contribution in [3.8, 4) is 0 Å². The molecule has 3 heteroatoms. The van der Waals surface area contributed by atoms with Crippen molar-refractivity contribution < 1.29 is 56.5 Å². The number of rotatable bonds is 3. The quantitative estimate of drug-likeness (QED) is 0.569. The molecule has 2 nitrogen and oxygen atoms in total. The molecule has 2 saturated heterocycles. The van der Waals surface area contributed by atoms with E-state index in [1.54, 1.807) is 0 Å².